The predicted molar refractivity (Wildman–Crippen MR) is 144 cm³/mol. The van der Waals surface area contributed by atoms with E-state index in [4.69, 9.17) is 11.5 Å². The number of amides is 3. The van der Waals surface area contributed by atoms with Crippen LogP contribution in [-0.2, 0) is 4.79 Å². The molecule has 15 heteroatoms. The average molecular weight is 806 g/mol. The number of anilines is 1. The Morgan fingerprint density at radius 3 is 1.76 bits per heavy atom. The molecule has 1 aromatic carbocycles. The number of benzene rings is 1. The highest BCUT2D eigenvalue weighted by Crippen LogP contribution is 2.38. The van der Waals surface area contributed by atoms with Crippen molar-refractivity contribution in [1.29, 1.82) is 0 Å². The fourth-order valence-electron chi connectivity index (χ4n) is 2.89. The Hall–Kier alpha value is -0.420. The van der Waals surface area contributed by atoms with Crippen LogP contribution in [0.2, 0.25) is 0 Å². The van der Waals surface area contributed by atoms with Crippen molar-refractivity contribution >= 4 is 91.2 Å². The number of rotatable bonds is 12. The van der Waals surface area contributed by atoms with Gasteiger partial charge in [-0.15, -0.1) is 0 Å². The number of carbonyl (C=O) groups is 3. The van der Waals surface area contributed by atoms with E-state index in [2.05, 4.69) is 0 Å². The van der Waals surface area contributed by atoms with Gasteiger partial charge < -0.3 is 46.8 Å². The lowest BCUT2D eigenvalue weighted by Crippen LogP contribution is -2.45. The monoisotopic (exact) mass is 806 g/mol. The van der Waals surface area contributed by atoms with Gasteiger partial charge in [-0.2, -0.15) is 0 Å². The Bertz CT molecular complexity index is 877. The first-order chi connectivity index (χ1) is 15.5. The van der Waals surface area contributed by atoms with Crippen molar-refractivity contribution in [3.63, 3.8) is 0 Å². The zero-order chi connectivity index (χ0) is 25.5. The minimum absolute atomic E-state index is 0.0342. The highest BCUT2D eigenvalue weighted by atomic mass is 127. The van der Waals surface area contributed by atoms with Crippen LogP contribution in [0.1, 0.15) is 20.7 Å². The van der Waals surface area contributed by atoms with Crippen LogP contribution in [0.3, 0.4) is 0 Å². The van der Waals surface area contributed by atoms with Crippen molar-refractivity contribution in [2.24, 2.45) is 11.5 Å². The predicted octanol–water partition coefficient (Wildman–Crippen LogP) is -1.97. The third-order valence-corrected chi connectivity index (χ3v) is 7.57. The van der Waals surface area contributed by atoms with Crippen molar-refractivity contribution in [2.75, 3.05) is 50.9 Å². The van der Waals surface area contributed by atoms with E-state index in [9.17, 15) is 39.9 Å². The van der Waals surface area contributed by atoms with Gasteiger partial charge >= 0.3 is 0 Å². The molecule has 0 fully saturated rings. The van der Waals surface area contributed by atoms with Crippen molar-refractivity contribution in [2.45, 2.75) is 12.2 Å². The number of hydrogen-bond acceptors (Lipinski definition) is 9. The van der Waals surface area contributed by atoms with Crippen molar-refractivity contribution in [3.8, 4) is 0 Å². The fraction of sp³-hybridized carbons (Fsp3) is 0.500. The quantitative estimate of drug-likeness (QED) is 0.117. The molecule has 0 aliphatic heterocycles. The standard InChI is InChI=1S/C18H25I3N4O8/c19-13-11(17(23)32)14(20)16(25(1-2-26)10(31)3-22)15(21)12(13)18(33)24(4-8(29)6-27)5-9(30)7-28/h8-9,26-30H,1-7,22H2,(H2,23,32). The molecule has 0 saturated carbocycles. The minimum Gasteiger partial charge on any atom is -0.395 e. The summed E-state index contributed by atoms with van der Waals surface area (Å²) in [7, 11) is 0. The van der Waals surface area contributed by atoms with Crippen LogP contribution in [0, 0.1) is 10.7 Å². The smallest absolute Gasteiger partial charge is 0.256 e. The second-order valence-electron chi connectivity index (χ2n) is 6.76. The van der Waals surface area contributed by atoms with Gasteiger partial charge in [0.05, 0.1) is 62.5 Å². The second kappa shape index (κ2) is 14.2. The molecule has 0 radical (unpaired) electrons. The lowest BCUT2D eigenvalue weighted by molar-refractivity contribution is -0.117. The van der Waals surface area contributed by atoms with E-state index in [1.54, 1.807) is 22.6 Å². The summed E-state index contributed by atoms with van der Waals surface area (Å²) in [5, 5.41) is 47.7. The van der Waals surface area contributed by atoms with E-state index in [0.717, 1.165) is 9.80 Å². The zero-order valence-corrected chi connectivity index (χ0v) is 23.7. The number of aliphatic hydroxyl groups is 5. The molecule has 0 saturated heterocycles. The number of halogens is 3. The summed E-state index contributed by atoms with van der Waals surface area (Å²) in [6.45, 7) is -3.06. The number of nitrogens with zero attached hydrogens (tertiary/aromatic N) is 2. The van der Waals surface area contributed by atoms with Gasteiger partial charge in [0.1, 0.15) is 0 Å². The molecule has 33 heavy (non-hydrogen) atoms. The molecule has 9 N–H and O–H groups in total. The number of aliphatic hydroxyl groups excluding tert-OH is 5. The maximum atomic E-state index is 13.5. The molecule has 0 aromatic heterocycles. The van der Waals surface area contributed by atoms with Crippen LogP contribution < -0.4 is 16.4 Å². The van der Waals surface area contributed by atoms with Gasteiger partial charge in [0.15, 0.2) is 0 Å². The Morgan fingerprint density at radius 1 is 0.879 bits per heavy atom. The van der Waals surface area contributed by atoms with Crippen LogP contribution >= 0.6 is 67.8 Å². The molecule has 1 rings (SSSR count). The summed E-state index contributed by atoms with van der Waals surface area (Å²) in [6, 6.07) is 0. The van der Waals surface area contributed by atoms with Gasteiger partial charge in [0.25, 0.3) is 11.8 Å². The van der Waals surface area contributed by atoms with Gasteiger partial charge in [-0.05, 0) is 67.8 Å². The molecule has 0 spiro atoms. The van der Waals surface area contributed by atoms with Gasteiger partial charge in [0, 0.05) is 23.2 Å². The summed E-state index contributed by atoms with van der Waals surface area (Å²) in [5.74, 6) is -2.18. The Morgan fingerprint density at radius 2 is 1.36 bits per heavy atom. The molecule has 0 aliphatic carbocycles. The Kier molecular flexibility index (Phi) is 13.2. The minimum atomic E-state index is -1.33. The molecule has 186 valence electrons. The summed E-state index contributed by atoms with van der Waals surface area (Å²) < 4.78 is 0.695. The van der Waals surface area contributed by atoms with Gasteiger partial charge in [-0.3, -0.25) is 14.4 Å². The third kappa shape index (κ3) is 7.53. The highest BCUT2D eigenvalue weighted by molar-refractivity contribution is 14.1. The third-order valence-electron chi connectivity index (χ3n) is 4.39. The van der Waals surface area contributed by atoms with E-state index >= 15 is 0 Å². The van der Waals surface area contributed by atoms with Crippen LogP contribution in [0.4, 0.5) is 5.69 Å². The van der Waals surface area contributed by atoms with Gasteiger partial charge in [-0.1, -0.05) is 0 Å². The summed E-state index contributed by atoms with van der Waals surface area (Å²) in [4.78, 5) is 40.5. The first-order valence-corrected chi connectivity index (χ1v) is 12.7. The van der Waals surface area contributed by atoms with Crippen LogP contribution in [0.15, 0.2) is 0 Å². The molecule has 0 heterocycles. The maximum absolute atomic E-state index is 13.5. The van der Waals surface area contributed by atoms with Crippen molar-refractivity contribution in [1.82, 2.24) is 4.90 Å². The average Bonchev–Trinajstić information content (AvgIpc) is 2.76. The van der Waals surface area contributed by atoms with Crippen molar-refractivity contribution in [3.05, 3.63) is 21.8 Å². The molecule has 2 atom stereocenters. The maximum Gasteiger partial charge on any atom is 0.256 e. The molecule has 3 amide bonds. The van der Waals surface area contributed by atoms with Crippen LogP contribution in [0.25, 0.3) is 0 Å². The van der Waals surface area contributed by atoms with Crippen LogP contribution in [0.5, 0.6) is 0 Å². The topological polar surface area (TPSA) is 211 Å². The van der Waals surface area contributed by atoms with E-state index in [1.807, 2.05) is 45.2 Å². The van der Waals surface area contributed by atoms with Crippen LogP contribution in [-0.4, -0.2) is 106 Å². The molecular formula is C18H25I3N4O8. The largest absolute Gasteiger partial charge is 0.395 e. The summed E-state index contributed by atoms with van der Waals surface area (Å²) in [5.41, 5.74) is 11.2. The zero-order valence-electron chi connectivity index (χ0n) is 17.2. The van der Waals surface area contributed by atoms with Gasteiger partial charge in [0.2, 0.25) is 5.91 Å². The normalized spacial score (nSPS) is 12.9. The second-order valence-corrected chi connectivity index (χ2v) is 10.00. The molecular weight excluding hydrogens is 781 g/mol. The number of primary amides is 1. The van der Waals surface area contributed by atoms with E-state index in [1.165, 1.54) is 0 Å². The van der Waals surface area contributed by atoms with E-state index in [-0.39, 0.29) is 47.2 Å². The van der Waals surface area contributed by atoms with Crippen molar-refractivity contribution < 1.29 is 39.9 Å². The van der Waals surface area contributed by atoms with Gasteiger partial charge in [-0.25, -0.2) is 0 Å². The molecule has 0 bridgehead atoms. The first-order valence-electron chi connectivity index (χ1n) is 9.45. The number of carbonyl (C=O) groups excluding carboxylic acids is 3. The molecule has 2 unspecified atom stereocenters. The lowest BCUT2D eigenvalue weighted by Gasteiger charge is -2.30. The number of nitrogens with two attached hydrogens (primary N) is 2. The first kappa shape index (κ1) is 30.6. The fourth-order valence-corrected chi connectivity index (χ4v) is 7.63. The Labute approximate surface area is 230 Å². The van der Waals surface area contributed by atoms with E-state index in [0.29, 0.717) is 0 Å². The molecule has 12 nitrogen and oxygen atoms in total. The molecule has 0 aliphatic rings. The Balaban J connectivity index is 3.86. The number of hydrogen-bond donors (Lipinski definition) is 7. The lowest BCUT2D eigenvalue weighted by atomic mass is 10.1. The summed E-state index contributed by atoms with van der Waals surface area (Å²) >= 11 is 5.42. The molecule has 1 aromatic rings. The summed E-state index contributed by atoms with van der Waals surface area (Å²) in [6.07, 6.45) is -2.67. The van der Waals surface area contributed by atoms with E-state index < -0.39 is 56.3 Å². The SMILES string of the molecule is NCC(=O)N(CCO)c1c(I)c(C(N)=O)c(I)c(C(=O)N(CC(O)CO)CC(O)CO)c1I. The highest BCUT2D eigenvalue weighted by Gasteiger charge is 2.33.